The molecule has 3 aromatic rings. The molecule has 1 aromatic heterocycles. The van der Waals surface area contributed by atoms with Crippen molar-refractivity contribution in [1.29, 1.82) is 0 Å². The maximum atomic E-state index is 13.0. The molecule has 5 rings (SSSR count). The Bertz CT molecular complexity index is 1290. The lowest BCUT2D eigenvalue weighted by atomic mass is 10.2. The van der Waals surface area contributed by atoms with Crippen LogP contribution in [0, 0.1) is 0 Å². The van der Waals surface area contributed by atoms with E-state index in [1.807, 2.05) is 42.5 Å². The van der Waals surface area contributed by atoms with Crippen molar-refractivity contribution in [2.45, 2.75) is 31.7 Å². The first kappa shape index (κ1) is 23.4. The summed E-state index contributed by atoms with van der Waals surface area (Å²) in [7, 11) is 0. The number of hydrogen-bond donors (Lipinski definition) is 1. The summed E-state index contributed by atoms with van der Waals surface area (Å²) in [5.74, 6) is 0.326. The zero-order chi connectivity index (χ0) is 24.4. The molecular formula is C26H28ClN5O3. The summed E-state index contributed by atoms with van der Waals surface area (Å²) < 4.78 is 1.75. The third-order valence-electron chi connectivity index (χ3n) is 6.63. The molecule has 8 nitrogen and oxygen atoms in total. The zero-order valence-corrected chi connectivity index (χ0v) is 20.2. The van der Waals surface area contributed by atoms with E-state index in [2.05, 4.69) is 15.2 Å². The molecule has 9 heteroatoms. The van der Waals surface area contributed by atoms with Gasteiger partial charge in [0.05, 0.1) is 17.4 Å². The molecule has 1 aliphatic heterocycles. The van der Waals surface area contributed by atoms with E-state index < -0.39 is 0 Å². The number of halogens is 1. The van der Waals surface area contributed by atoms with Gasteiger partial charge >= 0.3 is 0 Å². The van der Waals surface area contributed by atoms with E-state index >= 15 is 0 Å². The molecule has 0 atom stereocenters. The van der Waals surface area contributed by atoms with Gasteiger partial charge in [-0.1, -0.05) is 23.7 Å². The molecule has 2 aliphatic rings. The van der Waals surface area contributed by atoms with Crippen LogP contribution in [0.3, 0.4) is 0 Å². The van der Waals surface area contributed by atoms with Crippen molar-refractivity contribution in [2.75, 3.05) is 37.6 Å². The van der Waals surface area contributed by atoms with Crippen LogP contribution in [0.5, 0.6) is 0 Å². The van der Waals surface area contributed by atoms with Crippen molar-refractivity contribution in [3.05, 3.63) is 69.7 Å². The highest BCUT2D eigenvalue weighted by Gasteiger charge is 2.28. The largest absolute Gasteiger partial charge is 0.368 e. The van der Waals surface area contributed by atoms with Gasteiger partial charge in [-0.15, -0.1) is 0 Å². The number of nitrogens with zero attached hydrogens (tertiary/aromatic N) is 4. The fraction of sp³-hybridized carbons (Fsp3) is 0.385. The summed E-state index contributed by atoms with van der Waals surface area (Å²) in [6.07, 6.45) is 2.45. The van der Waals surface area contributed by atoms with Gasteiger partial charge in [0.1, 0.15) is 5.82 Å². The quantitative estimate of drug-likeness (QED) is 0.547. The second-order valence-electron chi connectivity index (χ2n) is 9.07. The monoisotopic (exact) mass is 493 g/mol. The van der Waals surface area contributed by atoms with Crippen LogP contribution in [-0.2, 0) is 16.0 Å². The Morgan fingerprint density at radius 3 is 2.43 bits per heavy atom. The molecular weight excluding hydrogens is 466 g/mol. The number of para-hydroxylation sites is 1. The highest BCUT2D eigenvalue weighted by atomic mass is 35.5. The number of piperazine rings is 1. The van der Waals surface area contributed by atoms with Crippen molar-refractivity contribution in [3.8, 4) is 0 Å². The van der Waals surface area contributed by atoms with Crippen molar-refractivity contribution in [1.82, 2.24) is 19.8 Å². The number of rotatable bonds is 7. The maximum Gasteiger partial charge on any atom is 0.261 e. The summed E-state index contributed by atoms with van der Waals surface area (Å²) in [6.45, 7) is 2.64. The minimum Gasteiger partial charge on any atom is -0.368 e. The average Bonchev–Trinajstić information content (AvgIpc) is 3.72. The van der Waals surface area contributed by atoms with E-state index in [-0.39, 0.29) is 36.4 Å². The first-order valence-electron chi connectivity index (χ1n) is 12.0. The second kappa shape index (κ2) is 10.1. The number of aromatic nitrogens is 2. The summed E-state index contributed by atoms with van der Waals surface area (Å²) in [5.41, 5.74) is 1.70. The third kappa shape index (κ3) is 5.32. The Kier molecular flexibility index (Phi) is 6.72. The minimum atomic E-state index is -0.220. The van der Waals surface area contributed by atoms with Crippen molar-refractivity contribution in [2.24, 2.45) is 0 Å². The molecule has 2 fully saturated rings. The van der Waals surface area contributed by atoms with Gasteiger partial charge in [0, 0.05) is 55.8 Å². The van der Waals surface area contributed by atoms with E-state index in [0.29, 0.717) is 41.3 Å². The fourth-order valence-corrected chi connectivity index (χ4v) is 4.67. The van der Waals surface area contributed by atoms with Gasteiger partial charge in [-0.25, -0.2) is 4.98 Å². The van der Waals surface area contributed by atoms with Crippen LogP contribution in [0.2, 0.25) is 5.02 Å². The molecule has 1 aliphatic carbocycles. The Hall–Kier alpha value is -3.39. The molecule has 0 bridgehead atoms. The summed E-state index contributed by atoms with van der Waals surface area (Å²) in [4.78, 5) is 46.7. The number of benzene rings is 2. The molecule has 1 N–H and O–H groups in total. The number of nitrogens with one attached hydrogen (secondary N) is 1. The molecule has 2 aromatic carbocycles. The fourth-order valence-electron chi connectivity index (χ4n) is 4.54. The second-order valence-corrected chi connectivity index (χ2v) is 9.51. The number of carbonyl (C=O) groups excluding carboxylic acids is 2. The molecule has 1 saturated heterocycles. The van der Waals surface area contributed by atoms with Crippen LogP contribution in [0.15, 0.2) is 53.3 Å². The summed E-state index contributed by atoms with van der Waals surface area (Å²) in [6, 6.07) is 15.2. The number of hydrogen-bond acceptors (Lipinski definition) is 5. The molecule has 182 valence electrons. The Morgan fingerprint density at radius 1 is 1.00 bits per heavy atom. The van der Waals surface area contributed by atoms with E-state index in [1.165, 1.54) is 0 Å². The maximum absolute atomic E-state index is 13.0. The third-order valence-corrected chi connectivity index (χ3v) is 6.88. The minimum absolute atomic E-state index is 0.0274. The van der Waals surface area contributed by atoms with Crippen LogP contribution in [0.4, 0.5) is 5.69 Å². The van der Waals surface area contributed by atoms with E-state index in [1.54, 1.807) is 15.5 Å². The van der Waals surface area contributed by atoms with Crippen LogP contribution >= 0.6 is 11.6 Å². The lowest BCUT2D eigenvalue weighted by Crippen LogP contribution is -2.51. The van der Waals surface area contributed by atoms with Crippen molar-refractivity contribution in [3.63, 3.8) is 0 Å². The van der Waals surface area contributed by atoms with Gasteiger partial charge in [0.25, 0.3) is 5.56 Å². The van der Waals surface area contributed by atoms with Crippen molar-refractivity contribution < 1.29 is 9.59 Å². The summed E-state index contributed by atoms with van der Waals surface area (Å²) >= 11 is 5.96. The average molecular weight is 494 g/mol. The molecule has 0 spiro atoms. The van der Waals surface area contributed by atoms with Gasteiger partial charge in [-0.05, 0) is 49.2 Å². The van der Waals surface area contributed by atoms with Gasteiger partial charge in [0.2, 0.25) is 11.8 Å². The number of anilines is 1. The Balaban J connectivity index is 1.12. The lowest BCUT2D eigenvalue weighted by molar-refractivity contribution is -0.133. The van der Waals surface area contributed by atoms with Crippen LogP contribution in [0.1, 0.15) is 31.1 Å². The normalized spacial score (nSPS) is 15.9. The van der Waals surface area contributed by atoms with Gasteiger partial charge in [0.15, 0.2) is 0 Å². The highest BCUT2D eigenvalue weighted by Crippen LogP contribution is 2.34. The highest BCUT2D eigenvalue weighted by molar-refractivity contribution is 6.30. The molecule has 2 amide bonds. The number of fused-ring (bicyclic) bond motifs is 1. The van der Waals surface area contributed by atoms with Crippen LogP contribution in [-0.4, -0.2) is 59.0 Å². The topological polar surface area (TPSA) is 87.5 Å². The van der Waals surface area contributed by atoms with Crippen LogP contribution in [0.25, 0.3) is 10.9 Å². The van der Waals surface area contributed by atoms with Gasteiger partial charge in [-0.3, -0.25) is 19.0 Å². The smallest absolute Gasteiger partial charge is 0.261 e. The molecule has 35 heavy (non-hydrogen) atoms. The number of amides is 2. The molecule has 1 saturated carbocycles. The standard InChI is InChI=1S/C26H28ClN5O3/c27-18-5-7-19(8-6-18)30-13-15-31(16-14-30)25(34)17-28-24(33)12-11-23-29-22-4-2-1-3-21(22)26(35)32(23)20-9-10-20/h1-8,20H,9-17H2,(H,28,33). The van der Waals surface area contributed by atoms with Crippen molar-refractivity contribution >= 4 is 40.0 Å². The van der Waals surface area contributed by atoms with E-state index in [9.17, 15) is 14.4 Å². The predicted octanol–water partition coefficient (Wildman–Crippen LogP) is 2.78. The Morgan fingerprint density at radius 2 is 1.71 bits per heavy atom. The lowest BCUT2D eigenvalue weighted by Gasteiger charge is -2.36. The predicted molar refractivity (Wildman–Crippen MR) is 136 cm³/mol. The van der Waals surface area contributed by atoms with Crippen LogP contribution < -0.4 is 15.8 Å². The molecule has 2 heterocycles. The first-order valence-corrected chi connectivity index (χ1v) is 12.4. The van der Waals surface area contributed by atoms with Gasteiger partial charge < -0.3 is 15.1 Å². The van der Waals surface area contributed by atoms with Gasteiger partial charge in [-0.2, -0.15) is 0 Å². The first-order chi connectivity index (χ1) is 17.0. The molecule has 0 unspecified atom stereocenters. The SMILES string of the molecule is O=C(CCc1nc2ccccc2c(=O)n1C1CC1)NCC(=O)N1CCN(c2ccc(Cl)cc2)CC1. The number of carbonyl (C=O) groups is 2. The number of aryl methyl sites for hydroxylation is 1. The zero-order valence-electron chi connectivity index (χ0n) is 19.5. The van der Waals surface area contributed by atoms with E-state index in [4.69, 9.17) is 11.6 Å². The Labute approximate surface area is 208 Å². The summed E-state index contributed by atoms with van der Waals surface area (Å²) in [5, 5.41) is 4.05. The van der Waals surface area contributed by atoms with E-state index in [0.717, 1.165) is 31.6 Å². The molecule has 0 radical (unpaired) electrons.